The Bertz CT molecular complexity index is 248. The van der Waals surface area contributed by atoms with E-state index in [0.717, 1.165) is 0 Å². The Labute approximate surface area is 114 Å². The summed E-state index contributed by atoms with van der Waals surface area (Å²) in [6.07, 6.45) is 8.28. The van der Waals surface area contributed by atoms with Crippen molar-refractivity contribution in [1.82, 2.24) is 10.2 Å². The predicted octanol–water partition coefficient (Wildman–Crippen LogP) is 3.28. The van der Waals surface area contributed by atoms with E-state index in [2.05, 4.69) is 31.0 Å². The van der Waals surface area contributed by atoms with Crippen molar-refractivity contribution in [1.29, 1.82) is 0 Å². The van der Waals surface area contributed by atoms with Crippen LogP contribution in [0.15, 0.2) is 0 Å². The summed E-state index contributed by atoms with van der Waals surface area (Å²) in [6.45, 7) is 13.7. The van der Waals surface area contributed by atoms with Crippen LogP contribution in [0.25, 0.3) is 0 Å². The van der Waals surface area contributed by atoms with Gasteiger partial charge in [-0.2, -0.15) is 0 Å². The fraction of sp³-hybridized carbons (Fsp3) is 1.00. The van der Waals surface area contributed by atoms with E-state index in [1.807, 2.05) is 0 Å². The van der Waals surface area contributed by atoms with Crippen LogP contribution in [-0.4, -0.2) is 37.6 Å². The molecule has 2 rings (SSSR count). The zero-order valence-corrected chi connectivity index (χ0v) is 12.7. The summed E-state index contributed by atoms with van der Waals surface area (Å²) in [5.41, 5.74) is 1.19. The zero-order valence-electron chi connectivity index (χ0n) is 12.7. The van der Waals surface area contributed by atoms with E-state index < -0.39 is 0 Å². The van der Waals surface area contributed by atoms with Gasteiger partial charge in [-0.15, -0.1) is 0 Å². The smallest absolute Gasteiger partial charge is 0.00501 e. The van der Waals surface area contributed by atoms with Gasteiger partial charge in [0.25, 0.3) is 0 Å². The Hall–Kier alpha value is -0.0800. The minimum atomic E-state index is 0.568. The molecule has 0 aromatic rings. The van der Waals surface area contributed by atoms with Crippen LogP contribution in [-0.2, 0) is 0 Å². The second-order valence-corrected chi connectivity index (χ2v) is 7.07. The molecule has 0 radical (unpaired) electrons. The van der Waals surface area contributed by atoms with Crippen LogP contribution in [0.4, 0.5) is 0 Å². The number of nitrogens with zero attached hydrogens (tertiary/aromatic N) is 1. The molecule has 2 heterocycles. The first-order valence-corrected chi connectivity index (χ1v) is 8.04. The summed E-state index contributed by atoms with van der Waals surface area (Å²) in [6, 6.07) is 0. The van der Waals surface area contributed by atoms with Crippen LogP contribution >= 0.6 is 0 Å². The van der Waals surface area contributed by atoms with Crippen molar-refractivity contribution in [3.63, 3.8) is 0 Å². The first kappa shape index (κ1) is 14.3. The molecule has 2 saturated heterocycles. The summed E-state index contributed by atoms with van der Waals surface area (Å²) in [5, 5.41) is 3.62. The Morgan fingerprint density at radius 3 is 2.28 bits per heavy atom. The van der Waals surface area contributed by atoms with Gasteiger partial charge in [-0.25, -0.2) is 0 Å². The van der Waals surface area contributed by atoms with Crippen molar-refractivity contribution in [2.45, 2.75) is 59.3 Å². The van der Waals surface area contributed by atoms with Crippen molar-refractivity contribution >= 4 is 0 Å². The third kappa shape index (κ3) is 3.27. The lowest BCUT2D eigenvalue weighted by molar-refractivity contribution is 0.0570. The molecule has 0 aromatic carbocycles. The average molecular weight is 252 g/mol. The maximum absolute atomic E-state index is 3.62. The van der Waals surface area contributed by atoms with Gasteiger partial charge < -0.3 is 10.2 Å². The lowest BCUT2D eigenvalue weighted by atomic mass is 9.75. The van der Waals surface area contributed by atoms with E-state index in [4.69, 9.17) is 0 Å². The van der Waals surface area contributed by atoms with E-state index in [1.165, 1.54) is 71.2 Å². The average Bonchev–Trinajstić information content (AvgIpc) is 2.43. The summed E-state index contributed by atoms with van der Waals surface area (Å²) < 4.78 is 0. The van der Waals surface area contributed by atoms with Crippen LogP contribution in [0.5, 0.6) is 0 Å². The molecule has 2 aliphatic heterocycles. The van der Waals surface area contributed by atoms with E-state index in [0.29, 0.717) is 10.8 Å². The van der Waals surface area contributed by atoms with E-state index in [-0.39, 0.29) is 0 Å². The molecule has 18 heavy (non-hydrogen) atoms. The van der Waals surface area contributed by atoms with Gasteiger partial charge in [-0.1, -0.05) is 27.2 Å². The molecule has 0 aromatic heterocycles. The number of piperidine rings is 2. The fourth-order valence-corrected chi connectivity index (χ4v) is 3.66. The molecule has 2 aliphatic rings. The van der Waals surface area contributed by atoms with Gasteiger partial charge in [0, 0.05) is 13.1 Å². The minimum Gasteiger partial charge on any atom is -0.316 e. The Morgan fingerprint density at radius 2 is 1.78 bits per heavy atom. The monoisotopic (exact) mass is 252 g/mol. The largest absolute Gasteiger partial charge is 0.316 e. The number of nitrogens with one attached hydrogen (secondary N) is 1. The second kappa shape index (κ2) is 5.92. The van der Waals surface area contributed by atoms with Gasteiger partial charge in [0.1, 0.15) is 0 Å². The number of hydrogen-bond donors (Lipinski definition) is 1. The minimum absolute atomic E-state index is 0.568. The van der Waals surface area contributed by atoms with Crippen LogP contribution in [0.2, 0.25) is 0 Å². The van der Waals surface area contributed by atoms with Gasteiger partial charge in [0.15, 0.2) is 0 Å². The maximum Gasteiger partial charge on any atom is 0.00501 e. The molecule has 0 saturated carbocycles. The SMILES string of the molecule is CCC1(C)CCN(CC2(CC)CCCNC2)CC1. The van der Waals surface area contributed by atoms with Crippen LogP contribution in [0, 0.1) is 10.8 Å². The summed E-state index contributed by atoms with van der Waals surface area (Å²) in [7, 11) is 0. The third-order valence-electron chi connectivity index (χ3n) is 5.79. The lowest BCUT2D eigenvalue weighted by Gasteiger charge is -2.45. The van der Waals surface area contributed by atoms with Crippen molar-refractivity contribution < 1.29 is 0 Å². The molecule has 2 heteroatoms. The molecule has 0 bridgehead atoms. The molecular weight excluding hydrogens is 220 g/mol. The second-order valence-electron chi connectivity index (χ2n) is 7.07. The van der Waals surface area contributed by atoms with Gasteiger partial charge in [0.2, 0.25) is 0 Å². The highest BCUT2D eigenvalue weighted by atomic mass is 15.1. The van der Waals surface area contributed by atoms with E-state index in [1.54, 1.807) is 0 Å². The molecule has 1 N–H and O–H groups in total. The molecule has 1 atom stereocenters. The van der Waals surface area contributed by atoms with Crippen molar-refractivity contribution in [3.8, 4) is 0 Å². The van der Waals surface area contributed by atoms with Crippen molar-refractivity contribution in [2.24, 2.45) is 10.8 Å². The topological polar surface area (TPSA) is 15.3 Å². The lowest BCUT2D eigenvalue weighted by Crippen LogP contribution is -2.50. The van der Waals surface area contributed by atoms with Crippen LogP contribution in [0.1, 0.15) is 59.3 Å². The highest BCUT2D eigenvalue weighted by Gasteiger charge is 2.35. The highest BCUT2D eigenvalue weighted by Crippen LogP contribution is 2.37. The number of likely N-dealkylation sites (tertiary alicyclic amines) is 1. The summed E-state index contributed by atoms with van der Waals surface area (Å²) in [4.78, 5) is 2.74. The molecule has 1 unspecified atom stereocenters. The normalized spacial score (nSPS) is 33.5. The van der Waals surface area contributed by atoms with Crippen LogP contribution < -0.4 is 5.32 Å². The quantitative estimate of drug-likeness (QED) is 0.826. The standard InChI is InChI=1S/C16H32N2/c1-4-15(3)8-11-18(12-9-15)14-16(5-2)7-6-10-17-13-16/h17H,4-14H2,1-3H3. The Balaban J connectivity index is 1.86. The number of hydrogen-bond acceptors (Lipinski definition) is 2. The summed E-state index contributed by atoms with van der Waals surface area (Å²) in [5.74, 6) is 0. The first-order valence-electron chi connectivity index (χ1n) is 8.04. The Morgan fingerprint density at radius 1 is 1.06 bits per heavy atom. The predicted molar refractivity (Wildman–Crippen MR) is 78.9 cm³/mol. The van der Waals surface area contributed by atoms with Gasteiger partial charge in [0.05, 0.1) is 0 Å². The third-order valence-corrected chi connectivity index (χ3v) is 5.79. The molecule has 0 spiro atoms. The Kier molecular flexibility index (Phi) is 4.71. The van der Waals surface area contributed by atoms with Gasteiger partial charge in [-0.05, 0) is 62.6 Å². The number of rotatable bonds is 4. The van der Waals surface area contributed by atoms with Gasteiger partial charge >= 0.3 is 0 Å². The molecule has 0 amide bonds. The first-order chi connectivity index (χ1) is 8.61. The molecule has 106 valence electrons. The maximum atomic E-state index is 3.62. The molecular formula is C16H32N2. The van der Waals surface area contributed by atoms with Crippen molar-refractivity contribution in [2.75, 3.05) is 32.7 Å². The zero-order chi connectivity index (χ0) is 13.1. The fourth-order valence-electron chi connectivity index (χ4n) is 3.66. The molecule has 2 fully saturated rings. The molecule has 2 nitrogen and oxygen atoms in total. The van der Waals surface area contributed by atoms with E-state index >= 15 is 0 Å². The molecule has 0 aliphatic carbocycles. The summed E-state index contributed by atoms with van der Waals surface area (Å²) >= 11 is 0. The van der Waals surface area contributed by atoms with E-state index in [9.17, 15) is 0 Å². The van der Waals surface area contributed by atoms with Gasteiger partial charge in [-0.3, -0.25) is 0 Å². The van der Waals surface area contributed by atoms with Crippen molar-refractivity contribution in [3.05, 3.63) is 0 Å². The van der Waals surface area contributed by atoms with Crippen LogP contribution in [0.3, 0.4) is 0 Å². The highest BCUT2D eigenvalue weighted by molar-refractivity contribution is 4.90.